The molecule has 0 aliphatic carbocycles. The topological polar surface area (TPSA) is 64.5 Å². The Morgan fingerprint density at radius 1 is 1.28 bits per heavy atom. The van der Waals surface area contributed by atoms with E-state index in [-0.39, 0.29) is 6.42 Å². The van der Waals surface area contributed by atoms with Crippen molar-refractivity contribution in [3.63, 3.8) is 0 Å². The number of aliphatic hydroxyl groups is 1. The van der Waals surface area contributed by atoms with Crippen molar-refractivity contribution in [2.75, 3.05) is 18.4 Å². The minimum Gasteiger partial charge on any atom is -0.508 e. The van der Waals surface area contributed by atoms with Crippen molar-refractivity contribution in [3.8, 4) is 5.75 Å². The molecule has 0 radical (unpaired) electrons. The van der Waals surface area contributed by atoms with Crippen molar-refractivity contribution in [2.45, 2.75) is 31.7 Å². The lowest BCUT2D eigenvalue weighted by Crippen LogP contribution is -2.37. The van der Waals surface area contributed by atoms with Gasteiger partial charge in [0.25, 0.3) is 0 Å². The Labute approximate surface area is 106 Å². The Balaban J connectivity index is 0.000000138. The molecule has 0 spiro atoms. The summed E-state index contributed by atoms with van der Waals surface area (Å²) in [5, 5.41) is 23.6. The number of alkyl halides is 1. The van der Waals surface area contributed by atoms with Gasteiger partial charge in [-0.05, 0) is 24.5 Å². The number of rotatable bonds is 0. The van der Waals surface area contributed by atoms with E-state index in [2.05, 4.69) is 10.6 Å². The third-order valence-corrected chi connectivity index (χ3v) is 3.13. The van der Waals surface area contributed by atoms with Crippen LogP contribution in [0.5, 0.6) is 5.75 Å². The largest absolute Gasteiger partial charge is 0.508 e. The third kappa shape index (κ3) is 3.58. The molecule has 0 aromatic heterocycles. The summed E-state index contributed by atoms with van der Waals surface area (Å²) in [4.78, 5) is 0. The van der Waals surface area contributed by atoms with E-state index in [0.29, 0.717) is 18.7 Å². The molecule has 1 saturated heterocycles. The quantitative estimate of drug-likeness (QED) is 0.528. The first kappa shape index (κ1) is 13.1. The molecule has 5 heteroatoms. The van der Waals surface area contributed by atoms with E-state index in [9.17, 15) is 4.39 Å². The maximum absolute atomic E-state index is 12.2. The molecule has 4 nitrogen and oxygen atoms in total. The fourth-order valence-corrected chi connectivity index (χ4v) is 2.13. The van der Waals surface area contributed by atoms with Gasteiger partial charge >= 0.3 is 0 Å². The van der Waals surface area contributed by atoms with Crippen molar-refractivity contribution in [1.82, 2.24) is 5.32 Å². The number of aliphatic hydroxyl groups excluding tert-OH is 1. The average Bonchev–Trinajstić information content (AvgIpc) is 2.76. The van der Waals surface area contributed by atoms with Gasteiger partial charge < -0.3 is 15.5 Å². The van der Waals surface area contributed by atoms with Crippen molar-refractivity contribution in [1.29, 1.82) is 0 Å². The minimum absolute atomic E-state index is 0.250. The number of aromatic hydroxyl groups is 1. The Morgan fingerprint density at radius 2 is 2.11 bits per heavy atom. The molecule has 0 bridgehead atoms. The van der Waals surface area contributed by atoms with Crippen LogP contribution in [-0.4, -0.2) is 35.7 Å². The molecule has 2 aliphatic rings. The smallest absolute Gasteiger partial charge is 0.153 e. The maximum atomic E-state index is 12.2. The fourth-order valence-electron chi connectivity index (χ4n) is 2.13. The van der Waals surface area contributed by atoms with Gasteiger partial charge in [-0.1, -0.05) is 6.07 Å². The number of anilines is 1. The lowest BCUT2D eigenvalue weighted by molar-refractivity contribution is 0.0759. The molecule has 4 N–H and O–H groups in total. The van der Waals surface area contributed by atoms with Crippen LogP contribution in [0.25, 0.3) is 0 Å². The molecule has 18 heavy (non-hydrogen) atoms. The first-order valence-corrected chi connectivity index (χ1v) is 6.26. The van der Waals surface area contributed by atoms with Gasteiger partial charge in [-0.15, -0.1) is 0 Å². The van der Waals surface area contributed by atoms with Crippen LogP contribution in [0, 0.1) is 0 Å². The molecule has 1 aromatic carbocycles. The number of halogens is 1. The van der Waals surface area contributed by atoms with Crippen LogP contribution in [0.3, 0.4) is 0 Å². The van der Waals surface area contributed by atoms with E-state index in [1.807, 2.05) is 6.07 Å². The summed E-state index contributed by atoms with van der Waals surface area (Å²) in [6.07, 6.45) is 0.598. The van der Waals surface area contributed by atoms with E-state index in [4.69, 9.17) is 10.2 Å². The molecule has 0 amide bonds. The van der Waals surface area contributed by atoms with E-state index in [0.717, 1.165) is 18.7 Å². The van der Waals surface area contributed by atoms with Crippen LogP contribution < -0.4 is 10.6 Å². The third-order valence-electron chi connectivity index (χ3n) is 3.13. The standard InChI is InChI=1S/C8H9NO.C5H10FNO/c10-7-2-1-6-3-4-9-8(6)5-7;6-5-3-4(8)1-2-7-5/h1-2,5,9-10H,3-4H2;4-5,7-8H,1-3H2. The van der Waals surface area contributed by atoms with Crippen LogP contribution in [0.4, 0.5) is 10.1 Å². The van der Waals surface area contributed by atoms with E-state index in [1.54, 1.807) is 12.1 Å². The molecule has 0 saturated carbocycles. The zero-order valence-corrected chi connectivity index (χ0v) is 10.2. The minimum atomic E-state index is -0.987. The molecule has 100 valence electrons. The molecule has 2 unspecified atom stereocenters. The summed E-state index contributed by atoms with van der Waals surface area (Å²) >= 11 is 0. The van der Waals surface area contributed by atoms with Gasteiger partial charge in [0.2, 0.25) is 0 Å². The van der Waals surface area contributed by atoms with E-state index in [1.165, 1.54) is 5.56 Å². The molecular weight excluding hydrogens is 235 g/mol. The Hall–Kier alpha value is -1.33. The van der Waals surface area contributed by atoms with Gasteiger partial charge in [0, 0.05) is 31.3 Å². The predicted molar refractivity (Wildman–Crippen MR) is 68.4 cm³/mol. The van der Waals surface area contributed by atoms with Gasteiger partial charge in [0.1, 0.15) is 5.75 Å². The number of piperidine rings is 1. The van der Waals surface area contributed by atoms with Crippen LogP contribution in [-0.2, 0) is 6.42 Å². The summed E-state index contributed by atoms with van der Waals surface area (Å²) in [6, 6.07) is 5.46. The van der Waals surface area contributed by atoms with Gasteiger partial charge in [0.05, 0.1) is 6.10 Å². The second kappa shape index (κ2) is 6.02. The number of hydrogen-bond acceptors (Lipinski definition) is 4. The SMILES string of the molecule is OC1CCNC(F)C1.Oc1ccc2c(c1)NCC2. The van der Waals surface area contributed by atoms with Crippen LogP contribution >= 0.6 is 0 Å². The molecule has 2 atom stereocenters. The number of hydrogen-bond donors (Lipinski definition) is 4. The highest BCUT2D eigenvalue weighted by Crippen LogP contribution is 2.25. The van der Waals surface area contributed by atoms with E-state index >= 15 is 0 Å². The molecule has 2 heterocycles. The number of phenols is 1. The van der Waals surface area contributed by atoms with Gasteiger partial charge in [-0.2, -0.15) is 0 Å². The monoisotopic (exact) mass is 254 g/mol. The first-order valence-electron chi connectivity index (χ1n) is 6.26. The summed E-state index contributed by atoms with van der Waals surface area (Å²) < 4.78 is 12.2. The Bertz CT molecular complexity index is 393. The first-order chi connectivity index (χ1) is 8.65. The van der Waals surface area contributed by atoms with Gasteiger partial charge in [-0.25, -0.2) is 4.39 Å². The summed E-state index contributed by atoms with van der Waals surface area (Å²) in [5.41, 5.74) is 2.39. The zero-order valence-electron chi connectivity index (χ0n) is 10.2. The highest BCUT2D eigenvalue weighted by atomic mass is 19.1. The van der Waals surface area contributed by atoms with Gasteiger partial charge in [0.15, 0.2) is 6.30 Å². The molecule has 3 rings (SSSR count). The number of phenolic OH excluding ortho intramolecular Hbond substituents is 1. The molecule has 1 aromatic rings. The van der Waals surface area contributed by atoms with Crippen LogP contribution in [0.15, 0.2) is 18.2 Å². The van der Waals surface area contributed by atoms with Crippen LogP contribution in [0.1, 0.15) is 18.4 Å². The lowest BCUT2D eigenvalue weighted by atomic mass is 10.1. The van der Waals surface area contributed by atoms with E-state index < -0.39 is 12.4 Å². The Kier molecular flexibility index (Phi) is 4.38. The fraction of sp³-hybridized carbons (Fsp3) is 0.538. The maximum Gasteiger partial charge on any atom is 0.153 e. The van der Waals surface area contributed by atoms with Crippen LogP contribution in [0.2, 0.25) is 0 Å². The second-order valence-corrected chi connectivity index (χ2v) is 4.62. The lowest BCUT2D eigenvalue weighted by Gasteiger charge is -2.20. The highest BCUT2D eigenvalue weighted by Gasteiger charge is 2.17. The van der Waals surface area contributed by atoms with Gasteiger partial charge in [-0.3, -0.25) is 5.32 Å². The Morgan fingerprint density at radius 3 is 2.78 bits per heavy atom. The number of nitrogens with one attached hydrogen (secondary N) is 2. The van der Waals surface area contributed by atoms with Crippen molar-refractivity contribution in [2.24, 2.45) is 0 Å². The van der Waals surface area contributed by atoms with Crippen molar-refractivity contribution in [3.05, 3.63) is 23.8 Å². The molecule has 2 aliphatic heterocycles. The van der Waals surface area contributed by atoms with Crippen molar-refractivity contribution >= 4 is 5.69 Å². The number of benzene rings is 1. The normalized spacial score (nSPS) is 25.7. The summed E-state index contributed by atoms with van der Waals surface area (Å²) in [5.74, 6) is 0.341. The number of fused-ring (bicyclic) bond motifs is 1. The molecule has 1 fully saturated rings. The highest BCUT2D eigenvalue weighted by molar-refractivity contribution is 5.58. The summed E-state index contributed by atoms with van der Waals surface area (Å²) in [6.45, 7) is 1.60. The predicted octanol–water partition coefficient (Wildman–Crippen LogP) is 1.39. The second-order valence-electron chi connectivity index (χ2n) is 4.62. The molecular formula is C13H19FN2O2. The zero-order chi connectivity index (χ0) is 13.0. The average molecular weight is 254 g/mol. The van der Waals surface area contributed by atoms with Crippen molar-refractivity contribution < 1.29 is 14.6 Å². The summed E-state index contributed by atoms with van der Waals surface area (Å²) in [7, 11) is 0.